The molecule has 2 N–H and O–H groups in total. The van der Waals surface area contributed by atoms with Crippen molar-refractivity contribution >= 4 is 5.91 Å². The zero-order valence-corrected chi connectivity index (χ0v) is 13.2. The molecule has 4 nitrogen and oxygen atoms in total. The lowest BCUT2D eigenvalue weighted by Gasteiger charge is -2.57. The second-order valence-electron chi connectivity index (χ2n) is 8.18. The molecule has 0 aromatic carbocycles. The van der Waals surface area contributed by atoms with Crippen molar-refractivity contribution in [3.8, 4) is 0 Å². The van der Waals surface area contributed by atoms with Gasteiger partial charge in [-0.05, 0) is 63.2 Å². The molecular formula is C17H29N2O2+. The molecule has 5 fully saturated rings. The summed E-state index contributed by atoms with van der Waals surface area (Å²) in [5, 5.41) is 3.52. The Hall–Kier alpha value is -0.610. The van der Waals surface area contributed by atoms with Crippen molar-refractivity contribution in [2.75, 3.05) is 26.3 Å². The van der Waals surface area contributed by atoms with E-state index < -0.39 is 0 Å². The highest BCUT2D eigenvalue weighted by molar-refractivity contribution is 5.80. The van der Waals surface area contributed by atoms with Gasteiger partial charge >= 0.3 is 0 Å². The maximum Gasteiger partial charge on any atom is 0.278 e. The van der Waals surface area contributed by atoms with E-state index in [4.69, 9.17) is 4.74 Å². The fraction of sp³-hybridized carbons (Fsp3) is 0.941. The van der Waals surface area contributed by atoms with Gasteiger partial charge in [0.1, 0.15) is 13.1 Å². The second-order valence-corrected chi connectivity index (χ2v) is 8.18. The quantitative estimate of drug-likeness (QED) is 0.790. The Labute approximate surface area is 127 Å². The van der Waals surface area contributed by atoms with Crippen molar-refractivity contribution in [3.05, 3.63) is 0 Å². The predicted octanol–water partition coefficient (Wildman–Crippen LogP) is 0.375. The van der Waals surface area contributed by atoms with Crippen LogP contribution >= 0.6 is 0 Å². The maximum atomic E-state index is 12.8. The summed E-state index contributed by atoms with van der Waals surface area (Å²) in [5.41, 5.74) is 0.159. The molecule has 0 spiro atoms. The summed E-state index contributed by atoms with van der Waals surface area (Å²) >= 11 is 0. The van der Waals surface area contributed by atoms with E-state index in [0.29, 0.717) is 0 Å². The standard InChI is InChI=1S/C17H28N2O2/c1-12(19-2-4-21-5-3-19)16(20)18-17-9-13-6-14(10-17)8-15(7-13)11-17/h12-15H,2-11H2,1H3,(H,18,20)/p+1/t12-,13?,14?,15?,17?/m0/s1. The molecule has 0 radical (unpaired) electrons. The smallest absolute Gasteiger partial charge is 0.278 e. The van der Waals surface area contributed by atoms with Gasteiger partial charge in [-0.25, -0.2) is 0 Å². The number of amides is 1. The average molecular weight is 293 g/mol. The maximum absolute atomic E-state index is 12.8. The fourth-order valence-corrected chi connectivity index (χ4v) is 5.89. The first-order chi connectivity index (χ1) is 10.1. The molecule has 1 amide bonds. The van der Waals surface area contributed by atoms with Crippen LogP contribution in [0.2, 0.25) is 0 Å². The summed E-state index contributed by atoms with van der Waals surface area (Å²) in [7, 11) is 0. The van der Waals surface area contributed by atoms with Crippen LogP contribution in [0.25, 0.3) is 0 Å². The van der Waals surface area contributed by atoms with Crippen molar-refractivity contribution < 1.29 is 14.4 Å². The first-order valence-corrected chi connectivity index (χ1v) is 8.88. The van der Waals surface area contributed by atoms with Gasteiger partial charge in [-0.1, -0.05) is 0 Å². The molecule has 21 heavy (non-hydrogen) atoms. The van der Waals surface area contributed by atoms with Crippen LogP contribution in [0.4, 0.5) is 0 Å². The monoisotopic (exact) mass is 293 g/mol. The molecular weight excluding hydrogens is 264 g/mol. The van der Waals surface area contributed by atoms with E-state index in [1.165, 1.54) is 43.4 Å². The summed E-state index contributed by atoms with van der Waals surface area (Å²) in [4.78, 5) is 14.1. The largest absolute Gasteiger partial charge is 0.370 e. The lowest BCUT2D eigenvalue weighted by atomic mass is 9.53. The fourth-order valence-electron chi connectivity index (χ4n) is 5.89. The third-order valence-corrected chi connectivity index (χ3v) is 6.57. The number of hydrogen-bond acceptors (Lipinski definition) is 2. The van der Waals surface area contributed by atoms with Crippen molar-refractivity contribution in [2.24, 2.45) is 17.8 Å². The van der Waals surface area contributed by atoms with E-state index in [9.17, 15) is 4.79 Å². The highest BCUT2D eigenvalue weighted by Gasteiger charge is 2.52. The van der Waals surface area contributed by atoms with E-state index >= 15 is 0 Å². The molecule has 4 bridgehead atoms. The zero-order chi connectivity index (χ0) is 14.4. The van der Waals surface area contributed by atoms with Gasteiger partial charge in [0.15, 0.2) is 6.04 Å². The predicted molar refractivity (Wildman–Crippen MR) is 80.0 cm³/mol. The lowest BCUT2D eigenvalue weighted by Crippen LogP contribution is -3.18. The number of nitrogens with one attached hydrogen (secondary N) is 2. The van der Waals surface area contributed by atoms with Crippen molar-refractivity contribution in [2.45, 2.75) is 57.0 Å². The molecule has 118 valence electrons. The third-order valence-electron chi connectivity index (χ3n) is 6.57. The molecule has 1 heterocycles. The van der Waals surface area contributed by atoms with Gasteiger partial charge in [-0.15, -0.1) is 0 Å². The molecule has 5 aliphatic rings. The molecule has 1 atom stereocenters. The van der Waals surface area contributed by atoms with Crippen molar-refractivity contribution in [3.63, 3.8) is 0 Å². The number of carbonyl (C=O) groups excluding carboxylic acids is 1. The molecule has 0 aromatic rings. The SMILES string of the molecule is C[C@@H](C(=O)NC12CC3CC(CC(C3)C1)C2)[NH+]1CCOCC1. The van der Waals surface area contributed by atoms with Crippen LogP contribution in [-0.2, 0) is 9.53 Å². The summed E-state index contributed by atoms with van der Waals surface area (Å²) in [6.07, 6.45) is 8.03. The van der Waals surface area contributed by atoms with Crippen LogP contribution in [0.5, 0.6) is 0 Å². The highest BCUT2D eigenvalue weighted by atomic mass is 16.5. The second kappa shape index (κ2) is 5.24. The van der Waals surface area contributed by atoms with E-state index in [1.807, 2.05) is 0 Å². The average Bonchev–Trinajstić information content (AvgIpc) is 2.45. The van der Waals surface area contributed by atoms with Gasteiger partial charge in [0.25, 0.3) is 5.91 Å². The number of ether oxygens (including phenoxy) is 1. The number of carbonyl (C=O) groups is 1. The molecule has 4 heteroatoms. The molecule has 0 aromatic heterocycles. The van der Waals surface area contributed by atoms with Gasteiger partial charge in [0, 0.05) is 5.54 Å². The number of morpholine rings is 1. The van der Waals surface area contributed by atoms with Gasteiger partial charge in [-0.2, -0.15) is 0 Å². The number of hydrogen-bond donors (Lipinski definition) is 2. The summed E-state index contributed by atoms with van der Waals surface area (Å²) in [6, 6.07) is 0.0712. The Morgan fingerprint density at radius 3 is 2.14 bits per heavy atom. The van der Waals surface area contributed by atoms with Crippen LogP contribution in [0, 0.1) is 17.8 Å². The normalized spacial score (nSPS) is 43.8. The summed E-state index contributed by atoms with van der Waals surface area (Å²) in [6.45, 7) is 5.62. The minimum atomic E-state index is 0.0712. The molecule has 0 unspecified atom stereocenters. The van der Waals surface area contributed by atoms with Crippen LogP contribution in [0.3, 0.4) is 0 Å². The first kappa shape index (κ1) is 14.0. The molecule has 1 saturated heterocycles. The topological polar surface area (TPSA) is 42.8 Å². The van der Waals surface area contributed by atoms with Crippen LogP contribution in [0.15, 0.2) is 0 Å². The highest BCUT2D eigenvalue weighted by Crippen LogP contribution is 2.55. The number of quaternary nitrogens is 1. The Bertz CT molecular complexity index is 382. The summed E-state index contributed by atoms with van der Waals surface area (Å²) in [5.74, 6) is 2.96. The van der Waals surface area contributed by atoms with Crippen LogP contribution in [0.1, 0.15) is 45.4 Å². The zero-order valence-electron chi connectivity index (χ0n) is 13.2. The van der Waals surface area contributed by atoms with Gasteiger partial charge in [-0.3, -0.25) is 4.79 Å². The van der Waals surface area contributed by atoms with Crippen molar-refractivity contribution in [1.82, 2.24) is 5.32 Å². The van der Waals surface area contributed by atoms with E-state index in [0.717, 1.165) is 44.1 Å². The number of rotatable bonds is 3. The van der Waals surface area contributed by atoms with Gasteiger partial charge < -0.3 is 15.0 Å². The Morgan fingerprint density at radius 2 is 1.62 bits per heavy atom. The Kier molecular flexibility index (Phi) is 3.49. The van der Waals surface area contributed by atoms with E-state index in [-0.39, 0.29) is 17.5 Å². The minimum Gasteiger partial charge on any atom is -0.370 e. The first-order valence-electron chi connectivity index (χ1n) is 8.88. The Morgan fingerprint density at radius 1 is 1.10 bits per heavy atom. The van der Waals surface area contributed by atoms with Crippen LogP contribution < -0.4 is 10.2 Å². The lowest BCUT2D eigenvalue weighted by molar-refractivity contribution is -0.921. The van der Waals surface area contributed by atoms with E-state index in [1.54, 1.807) is 0 Å². The van der Waals surface area contributed by atoms with Crippen molar-refractivity contribution in [1.29, 1.82) is 0 Å². The molecule has 4 saturated carbocycles. The molecule has 4 aliphatic carbocycles. The van der Waals surface area contributed by atoms with Gasteiger partial charge in [0.2, 0.25) is 0 Å². The molecule has 1 aliphatic heterocycles. The minimum absolute atomic E-state index is 0.0712. The third kappa shape index (κ3) is 2.61. The molecule has 5 rings (SSSR count). The van der Waals surface area contributed by atoms with Gasteiger partial charge in [0.05, 0.1) is 13.2 Å². The van der Waals surface area contributed by atoms with Crippen LogP contribution in [-0.4, -0.2) is 43.8 Å². The Balaban J connectivity index is 1.42. The van der Waals surface area contributed by atoms with E-state index in [2.05, 4.69) is 12.2 Å². The summed E-state index contributed by atoms with van der Waals surface area (Å²) < 4.78 is 5.41.